The van der Waals surface area contributed by atoms with Crippen LogP contribution >= 0.6 is 11.3 Å². The second kappa shape index (κ2) is 7.45. The van der Waals surface area contributed by atoms with Crippen molar-refractivity contribution >= 4 is 27.5 Å². The molecule has 0 aliphatic heterocycles. The highest BCUT2D eigenvalue weighted by molar-refractivity contribution is 7.16. The zero-order valence-electron chi connectivity index (χ0n) is 13.9. The number of hydrogen-bond acceptors (Lipinski definition) is 3. The van der Waals surface area contributed by atoms with Crippen LogP contribution in [0.2, 0.25) is 0 Å². The third-order valence-electron chi connectivity index (χ3n) is 3.61. The number of amides is 1. The van der Waals surface area contributed by atoms with Crippen LogP contribution in [-0.2, 0) is 11.3 Å². The molecule has 0 bridgehead atoms. The fourth-order valence-electron chi connectivity index (χ4n) is 2.51. The van der Waals surface area contributed by atoms with E-state index >= 15 is 0 Å². The number of nitrogens with zero attached hydrogens (tertiary/aromatic N) is 2. The SMILES string of the molecule is CCCn1c(=NC(=O)COc2ccccc2)sc2cc(C)ccc21. The second-order valence-electron chi connectivity index (χ2n) is 5.61. The first-order valence-electron chi connectivity index (χ1n) is 8.03. The van der Waals surface area contributed by atoms with Crippen LogP contribution in [0.5, 0.6) is 5.75 Å². The van der Waals surface area contributed by atoms with E-state index in [9.17, 15) is 4.79 Å². The third kappa shape index (κ3) is 3.74. The summed E-state index contributed by atoms with van der Waals surface area (Å²) in [5.41, 5.74) is 2.33. The van der Waals surface area contributed by atoms with Gasteiger partial charge in [-0.3, -0.25) is 4.79 Å². The van der Waals surface area contributed by atoms with E-state index < -0.39 is 0 Å². The first kappa shape index (κ1) is 16.5. The van der Waals surface area contributed by atoms with E-state index in [0.29, 0.717) is 5.75 Å². The molecule has 24 heavy (non-hydrogen) atoms. The van der Waals surface area contributed by atoms with Gasteiger partial charge in [-0.1, -0.05) is 42.5 Å². The molecular formula is C19H20N2O2S. The van der Waals surface area contributed by atoms with Crippen LogP contribution in [0.15, 0.2) is 53.5 Å². The molecule has 0 atom stereocenters. The monoisotopic (exact) mass is 340 g/mol. The van der Waals surface area contributed by atoms with Crippen LogP contribution in [0.4, 0.5) is 0 Å². The number of rotatable bonds is 5. The number of carbonyl (C=O) groups excluding carboxylic acids is 1. The van der Waals surface area contributed by atoms with Crippen LogP contribution in [0.3, 0.4) is 0 Å². The Hall–Kier alpha value is -2.40. The zero-order chi connectivity index (χ0) is 16.9. The smallest absolute Gasteiger partial charge is 0.286 e. The van der Waals surface area contributed by atoms with Gasteiger partial charge in [0.1, 0.15) is 5.75 Å². The Balaban J connectivity index is 1.88. The van der Waals surface area contributed by atoms with Gasteiger partial charge >= 0.3 is 0 Å². The lowest BCUT2D eigenvalue weighted by molar-refractivity contribution is -0.120. The highest BCUT2D eigenvalue weighted by atomic mass is 32.1. The molecule has 2 aromatic carbocycles. The summed E-state index contributed by atoms with van der Waals surface area (Å²) in [4.78, 5) is 17.2. The summed E-state index contributed by atoms with van der Waals surface area (Å²) in [5, 5.41) is 0. The quantitative estimate of drug-likeness (QED) is 0.706. The molecule has 5 heteroatoms. The molecule has 0 aliphatic carbocycles. The Morgan fingerprint density at radius 2 is 2.00 bits per heavy atom. The van der Waals surface area contributed by atoms with Crippen molar-refractivity contribution in [2.24, 2.45) is 4.99 Å². The third-order valence-corrected chi connectivity index (χ3v) is 4.65. The van der Waals surface area contributed by atoms with E-state index in [4.69, 9.17) is 4.74 Å². The predicted molar refractivity (Wildman–Crippen MR) is 97.4 cm³/mol. The highest BCUT2D eigenvalue weighted by Crippen LogP contribution is 2.19. The normalized spacial score (nSPS) is 11.8. The Labute approximate surface area is 145 Å². The summed E-state index contributed by atoms with van der Waals surface area (Å²) in [6.07, 6.45) is 0.988. The molecule has 1 amide bonds. The summed E-state index contributed by atoms with van der Waals surface area (Å²) < 4.78 is 8.75. The van der Waals surface area contributed by atoms with Gasteiger partial charge in [-0.05, 0) is 43.2 Å². The number of para-hydroxylation sites is 1. The van der Waals surface area contributed by atoms with Crippen LogP contribution in [0.1, 0.15) is 18.9 Å². The number of aromatic nitrogens is 1. The van der Waals surface area contributed by atoms with Crippen molar-refractivity contribution in [1.82, 2.24) is 4.57 Å². The molecule has 0 unspecified atom stereocenters. The van der Waals surface area contributed by atoms with Gasteiger partial charge in [0.15, 0.2) is 11.4 Å². The number of hydrogen-bond donors (Lipinski definition) is 0. The molecule has 0 N–H and O–H groups in total. The number of thiazole rings is 1. The van der Waals surface area contributed by atoms with Gasteiger partial charge in [0.05, 0.1) is 10.2 Å². The summed E-state index contributed by atoms with van der Waals surface area (Å²) >= 11 is 1.55. The Kier molecular flexibility index (Phi) is 5.11. The molecule has 0 spiro atoms. The summed E-state index contributed by atoms with van der Waals surface area (Å²) in [6, 6.07) is 15.6. The minimum Gasteiger partial charge on any atom is -0.484 e. The van der Waals surface area contributed by atoms with Gasteiger partial charge in [0.25, 0.3) is 5.91 Å². The van der Waals surface area contributed by atoms with Crippen LogP contribution in [0, 0.1) is 6.92 Å². The number of ether oxygens (including phenoxy) is 1. The van der Waals surface area contributed by atoms with Crippen molar-refractivity contribution in [2.45, 2.75) is 26.8 Å². The highest BCUT2D eigenvalue weighted by Gasteiger charge is 2.08. The van der Waals surface area contributed by atoms with Gasteiger partial charge in [-0.25, -0.2) is 0 Å². The van der Waals surface area contributed by atoms with Crippen molar-refractivity contribution in [2.75, 3.05) is 6.61 Å². The van der Waals surface area contributed by atoms with Gasteiger partial charge in [0, 0.05) is 6.54 Å². The van der Waals surface area contributed by atoms with E-state index in [0.717, 1.165) is 28.0 Å². The zero-order valence-corrected chi connectivity index (χ0v) is 14.7. The number of carbonyl (C=O) groups is 1. The Morgan fingerprint density at radius 1 is 1.21 bits per heavy atom. The summed E-state index contributed by atoms with van der Waals surface area (Å²) in [7, 11) is 0. The van der Waals surface area contributed by atoms with E-state index in [1.807, 2.05) is 30.3 Å². The molecule has 3 aromatic rings. The van der Waals surface area contributed by atoms with Gasteiger partial charge in [-0.2, -0.15) is 4.99 Å². The van der Waals surface area contributed by atoms with Crippen LogP contribution in [0.25, 0.3) is 10.2 Å². The minimum absolute atomic E-state index is 0.0522. The topological polar surface area (TPSA) is 43.6 Å². The molecule has 1 aromatic heterocycles. The van der Waals surface area contributed by atoms with E-state index in [1.54, 1.807) is 11.3 Å². The molecule has 3 rings (SSSR count). The van der Waals surface area contributed by atoms with E-state index in [2.05, 4.69) is 41.6 Å². The molecule has 0 saturated heterocycles. The number of benzene rings is 2. The molecule has 0 saturated carbocycles. The number of fused-ring (bicyclic) bond motifs is 1. The summed E-state index contributed by atoms with van der Waals surface area (Å²) in [6.45, 7) is 4.98. The average molecular weight is 340 g/mol. The lowest BCUT2D eigenvalue weighted by Crippen LogP contribution is -2.19. The van der Waals surface area contributed by atoms with Gasteiger partial charge in [-0.15, -0.1) is 0 Å². The summed E-state index contributed by atoms with van der Waals surface area (Å²) in [5.74, 6) is 0.404. The van der Waals surface area contributed by atoms with Crippen LogP contribution in [-0.4, -0.2) is 17.1 Å². The van der Waals surface area contributed by atoms with Crippen molar-refractivity contribution < 1.29 is 9.53 Å². The first-order chi connectivity index (χ1) is 11.7. The fraction of sp³-hybridized carbons (Fsp3) is 0.263. The molecule has 124 valence electrons. The van der Waals surface area contributed by atoms with Crippen molar-refractivity contribution in [3.05, 3.63) is 58.9 Å². The maximum absolute atomic E-state index is 12.2. The Bertz CT molecular complexity index is 910. The largest absolute Gasteiger partial charge is 0.484 e. The van der Waals surface area contributed by atoms with Gasteiger partial charge < -0.3 is 9.30 Å². The first-order valence-corrected chi connectivity index (χ1v) is 8.84. The van der Waals surface area contributed by atoms with Crippen molar-refractivity contribution in [3.8, 4) is 5.75 Å². The molecule has 0 aliphatic rings. The maximum Gasteiger partial charge on any atom is 0.286 e. The molecular weight excluding hydrogens is 320 g/mol. The lowest BCUT2D eigenvalue weighted by Gasteiger charge is -2.04. The van der Waals surface area contributed by atoms with E-state index in [1.165, 1.54) is 5.56 Å². The lowest BCUT2D eigenvalue weighted by atomic mass is 10.2. The average Bonchev–Trinajstić information content (AvgIpc) is 2.91. The number of aryl methyl sites for hydroxylation is 2. The van der Waals surface area contributed by atoms with E-state index in [-0.39, 0.29) is 12.5 Å². The van der Waals surface area contributed by atoms with Gasteiger partial charge in [0.2, 0.25) is 0 Å². The molecule has 4 nitrogen and oxygen atoms in total. The van der Waals surface area contributed by atoms with Crippen molar-refractivity contribution in [1.29, 1.82) is 0 Å². The predicted octanol–water partition coefficient (Wildman–Crippen LogP) is 3.93. The minimum atomic E-state index is -0.271. The standard InChI is InChI=1S/C19H20N2O2S/c1-3-11-21-16-10-9-14(2)12-17(16)24-19(21)20-18(22)13-23-15-7-5-4-6-8-15/h4-10,12H,3,11,13H2,1-2H3. The molecule has 1 heterocycles. The molecule has 0 radical (unpaired) electrons. The fourth-order valence-corrected chi connectivity index (χ4v) is 3.68. The van der Waals surface area contributed by atoms with Crippen molar-refractivity contribution in [3.63, 3.8) is 0 Å². The Morgan fingerprint density at radius 3 is 2.75 bits per heavy atom. The van der Waals surface area contributed by atoms with Crippen LogP contribution < -0.4 is 9.54 Å². The maximum atomic E-state index is 12.2. The molecule has 0 fully saturated rings. The second-order valence-corrected chi connectivity index (χ2v) is 6.62.